The number of carbonyl (C=O) groups excluding carboxylic acids is 1. The van der Waals surface area contributed by atoms with Crippen LogP contribution in [0.3, 0.4) is 0 Å². The van der Waals surface area contributed by atoms with Crippen molar-refractivity contribution in [2.45, 2.75) is 13.8 Å². The second kappa shape index (κ2) is 8.11. The lowest BCUT2D eigenvalue weighted by Gasteiger charge is -2.07. The van der Waals surface area contributed by atoms with Crippen molar-refractivity contribution >= 4 is 22.3 Å². The van der Waals surface area contributed by atoms with E-state index in [1.165, 1.54) is 12.5 Å². The Labute approximate surface area is 143 Å². The van der Waals surface area contributed by atoms with Crippen LogP contribution >= 0.6 is 0 Å². The lowest BCUT2D eigenvalue weighted by molar-refractivity contribution is -0.136. The molecule has 2 aromatic carbocycles. The first-order chi connectivity index (χ1) is 11.6. The van der Waals surface area contributed by atoms with Crippen LogP contribution in [0.15, 0.2) is 84.5 Å². The standard InChI is InChI=1S/C22H22O2/c1-5-9-18(17(3)22(23)24-4)15-14-16(2)20-13-8-11-19-10-6-7-12-21(19)20/h5-15H,2H2,1,3-4H3/b9-5-,15-14+,18-17-. The van der Waals surface area contributed by atoms with Crippen molar-refractivity contribution in [1.29, 1.82) is 0 Å². The largest absolute Gasteiger partial charge is 0.466 e. The number of hydrogen-bond acceptors (Lipinski definition) is 2. The summed E-state index contributed by atoms with van der Waals surface area (Å²) in [4.78, 5) is 11.7. The van der Waals surface area contributed by atoms with Crippen LogP contribution in [0.25, 0.3) is 16.3 Å². The van der Waals surface area contributed by atoms with E-state index in [4.69, 9.17) is 4.74 Å². The van der Waals surface area contributed by atoms with Crippen LogP contribution in [0.5, 0.6) is 0 Å². The number of fused-ring (bicyclic) bond motifs is 1. The zero-order valence-electron chi connectivity index (χ0n) is 14.4. The normalized spacial score (nSPS) is 12.6. The number of esters is 1. The molecule has 0 N–H and O–H groups in total. The number of carbonyl (C=O) groups is 1. The molecule has 0 aliphatic carbocycles. The van der Waals surface area contributed by atoms with E-state index in [0.717, 1.165) is 22.1 Å². The molecule has 0 saturated heterocycles. The number of benzene rings is 2. The lowest BCUT2D eigenvalue weighted by atomic mass is 9.98. The number of methoxy groups -OCH3 is 1. The molecule has 0 radical (unpaired) electrons. The fourth-order valence-electron chi connectivity index (χ4n) is 2.54. The van der Waals surface area contributed by atoms with Crippen LogP contribution in [0.1, 0.15) is 19.4 Å². The van der Waals surface area contributed by atoms with E-state index < -0.39 is 0 Å². The van der Waals surface area contributed by atoms with Gasteiger partial charge in [0.05, 0.1) is 7.11 Å². The summed E-state index contributed by atoms with van der Waals surface area (Å²) in [6.07, 6.45) is 7.62. The first-order valence-corrected chi connectivity index (χ1v) is 7.85. The maximum atomic E-state index is 11.7. The molecule has 2 heteroatoms. The first kappa shape index (κ1) is 17.5. The minimum atomic E-state index is -0.330. The molecule has 0 heterocycles. The Kier molecular flexibility index (Phi) is 5.91. The van der Waals surface area contributed by atoms with E-state index in [1.54, 1.807) is 6.92 Å². The van der Waals surface area contributed by atoms with Gasteiger partial charge in [-0.2, -0.15) is 0 Å². The van der Waals surface area contributed by atoms with Gasteiger partial charge in [-0.25, -0.2) is 4.79 Å². The summed E-state index contributed by atoms with van der Waals surface area (Å²) in [5.41, 5.74) is 3.36. The van der Waals surface area contributed by atoms with Crippen LogP contribution in [0.2, 0.25) is 0 Å². The number of ether oxygens (including phenoxy) is 1. The van der Waals surface area contributed by atoms with E-state index in [0.29, 0.717) is 5.57 Å². The van der Waals surface area contributed by atoms with Crippen LogP contribution in [-0.4, -0.2) is 13.1 Å². The monoisotopic (exact) mass is 318 g/mol. The molecule has 0 atom stereocenters. The molecule has 0 aromatic heterocycles. The van der Waals surface area contributed by atoms with Crippen LogP contribution in [0.4, 0.5) is 0 Å². The maximum Gasteiger partial charge on any atom is 0.334 e. The Morgan fingerprint density at radius 3 is 2.46 bits per heavy atom. The topological polar surface area (TPSA) is 26.3 Å². The van der Waals surface area contributed by atoms with Gasteiger partial charge >= 0.3 is 5.97 Å². The van der Waals surface area contributed by atoms with Gasteiger partial charge in [0.25, 0.3) is 0 Å². The molecule has 0 aliphatic rings. The summed E-state index contributed by atoms with van der Waals surface area (Å²) in [5.74, 6) is -0.330. The number of hydrogen-bond donors (Lipinski definition) is 0. The minimum absolute atomic E-state index is 0.330. The quantitative estimate of drug-likeness (QED) is 0.415. The lowest BCUT2D eigenvalue weighted by Crippen LogP contribution is -2.03. The van der Waals surface area contributed by atoms with Crippen molar-refractivity contribution in [3.8, 4) is 0 Å². The summed E-state index contributed by atoms with van der Waals surface area (Å²) in [7, 11) is 1.39. The average molecular weight is 318 g/mol. The van der Waals surface area contributed by atoms with E-state index in [9.17, 15) is 4.79 Å². The van der Waals surface area contributed by atoms with Crippen molar-refractivity contribution < 1.29 is 9.53 Å². The molecule has 0 aliphatic heterocycles. The van der Waals surface area contributed by atoms with Crippen molar-refractivity contribution in [3.63, 3.8) is 0 Å². The second-order valence-electron chi connectivity index (χ2n) is 5.46. The van der Waals surface area contributed by atoms with E-state index in [1.807, 2.05) is 49.4 Å². The Balaban J connectivity index is 2.39. The van der Waals surface area contributed by atoms with Crippen LogP contribution < -0.4 is 0 Å². The minimum Gasteiger partial charge on any atom is -0.466 e. The summed E-state index contributed by atoms with van der Waals surface area (Å²) in [5, 5.41) is 2.34. The van der Waals surface area contributed by atoms with Gasteiger partial charge < -0.3 is 4.74 Å². The van der Waals surface area contributed by atoms with Gasteiger partial charge in [0, 0.05) is 5.57 Å². The Morgan fingerprint density at radius 1 is 1.04 bits per heavy atom. The molecule has 0 bridgehead atoms. The third-order valence-electron chi connectivity index (χ3n) is 3.87. The third-order valence-corrected chi connectivity index (χ3v) is 3.87. The smallest absolute Gasteiger partial charge is 0.334 e. The summed E-state index contributed by atoms with van der Waals surface area (Å²) in [6, 6.07) is 14.4. The molecule has 2 rings (SSSR count). The highest BCUT2D eigenvalue weighted by Gasteiger charge is 2.07. The fourth-order valence-corrected chi connectivity index (χ4v) is 2.54. The maximum absolute atomic E-state index is 11.7. The Bertz CT molecular complexity index is 846. The van der Waals surface area contributed by atoms with Crippen molar-refractivity contribution in [2.75, 3.05) is 7.11 Å². The zero-order chi connectivity index (χ0) is 17.5. The molecule has 0 unspecified atom stereocenters. The summed E-state index contributed by atoms with van der Waals surface area (Å²) in [6.45, 7) is 7.85. The number of allylic oxidation sites excluding steroid dienone is 6. The summed E-state index contributed by atoms with van der Waals surface area (Å²) < 4.78 is 4.80. The summed E-state index contributed by atoms with van der Waals surface area (Å²) >= 11 is 0. The van der Waals surface area contributed by atoms with Gasteiger partial charge in [0.2, 0.25) is 0 Å². The van der Waals surface area contributed by atoms with Gasteiger partial charge in [-0.1, -0.05) is 73.3 Å². The van der Waals surface area contributed by atoms with Crippen molar-refractivity contribution in [2.24, 2.45) is 0 Å². The molecule has 2 aromatic rings. The van der Waals surface area contributed by atoms with Gasteiger partial charge in [-0.05, 0) is 41.3 Å². The van der Waals surface area contributed by atoms with Crippen LogP contribution in [0, 0.1) is 0 Å². The first-order valence-electron chi connectivity index (χ1n) is 7.85. The third kappa shape index (κ3) is 3.90. The van der Waals surface area contributed by atoms with E-state index in [2.05, 4.69) is 30.8 Å². The van der Waals surface area contributed by atoms with Gasteiger partial charge in [0.1, 0.15) is 0 Å². The average Bonchev–Trinajstić information content (AvgIpc) is 2.63. The highest BCUT2D eigenvalue weighted by molar-refractivity contribution is 5.96. The van der Waals surface area contributed by atoms with Crippen molar-refractivity contribution in [3.05, 3.63) is 90.1 Å². The molecule has 0 spiro atoms. The van der Waals surface area contributed by atoms with E-state index >= 15 is 0 Å². The number of rotatable bonds is 5. The van der Waals surface area contributed by atoms with Gasteiger partial charge in [-0.15, -0.1) is 0 Å². The molecule has 24 heavy (non-hydrogen) atoms. The predicted molar refractivity (Wildman–Crippen MR) is 102 cm³/mol. The zero-order valence-corrected chi connectivity index (χ0v) is 14.4. The molecule has 122 valence electrons. The van der Waals surface area contributed by atoms with Gasteiger partial charge in [-0.3, -0.25) is 0 Å². The molecular formula is C22H22O2. The molecule has 0 saturated carbocycles. The van der Waals surface area contributed by atoms with Crippen molar-refractivity contribution in [1.82, 2.24) is 0 Å². The Hall–Kier alpha value is -2.87. The fraction of sp³-hybridized carbons (Fsp3) is 0.136. The van der Waals surface area contributed by atoms with E-state index in [-0.39, 0.29) is 5.97 Å². The molecule has 0 fully saturated rings. The molecule has 2 nitrogen and oxygen atoms in total. The SMILES string of the molecule is C=C(/C=C/C(/C=C\C)=C(/C)C(=O)OC)c1cccc2ccccc12. The van der Waals surface area contributed by atoms with Gasteiger partial charge in [0.15, 0.2) is 0 Å². The highest BCUT2D eigenvalue weighted by Crippen LogP contribution is 2.25. The molecule has 0 amide bonds. The Morgan fingerprint density at radius 2 is 1.75 bits per heavy atom. The second-order valence-corrected chi connectivity index (χ2v) is 5.46. The van der Waals surface area contributed by atoms with Crippen LogP contribution in [-0.2, 0) is 9.53 Å². The highest BCUT2D eigenvalue weighted by atomic mass is 16.5. The molecular weight excluding hydrogens is 296 g/mol. The predicted octanol–water partition coefficient (Wildman–Crippen LogP) is 5.47.